The summed E-state index contributed by atoms with van der Waals surface area (Å²) < 4.78 is 0. The van der Waals surface area contributed by atoms with Crippen molar-refractivity contribution < 1.29 is 10.0 Å². The number of non-ortho nitro benzene ring substituents is 1. The van der Waals surface area contributed by atoms with Gasteiger partial charge in [0.25, 0.3) is 5.69 Å². The number of aliphatic hydroxyl groups excluding tert-OH is 1. The number of nitrogens with zero attached hydrogens (tertiary/aromatic N) is 1. The van der Waals surface area contributed by atoms with Crippen LogP contribution in [0.3, 0.4) is 0 Å². The van der Waals surface area contributed by atoms with E-state index in [0.717, 1.165) is 24.8 Å². The van der Waals surface area contributed by atoms with Crippen LogP contribution in [-0.2, 0) is 6.42 Å². The van der Waals surface area contributed by atoms with Crippen LogP contribution in [0, 0.1) is 16.0 Å². The summed E-state index contributed by atoms with van der Waals surface area (Å²) >= 11 is 0. The van der Waals surface area contributed by atoms with Crippen molar-refractivity contribution in [3.05, 3.63) is 39.9 Å². The molecule has 1 atom stereocenters. The van der Waals surface area contributed by atoms with Gasteiger partial charge in [0.2, 0.25) is 0 Å². The lowest BCUT2D eigenvalue weighted by Crippen LogP contribution is -2.08. The summed E-state index contributed by atoms with van der Waals surface area (Å²) in [6, 6.07) is 6.66. The van der Waals surface area contributed by atoms with E-state index in [4.69, 9.17) is 0 Å². The highest BCUT2D eigenvalue weighted by atomic mass is 16.6. The molecule has 17 heavy (non-hydrogen) atoms. The molecule has 0 spiro atoms. The number of hydrogen-bond donors (Lipinski definition) is 1. The van der Waals surface area contributed by atoms with Gasteiger partial charge in [-0.3, -0.25) is 10.1 Å². The van der Waals surface area contributed by atoms with Crippen LogP contribution < -0.4 is 0 Å². The molecule has 0 aliphatic heterocycles. The molecule has 1 aromatic rings. The lowest BCUT2D eigenvalue weighted by molar-refractivity contribution is -0.384. The fourth-order valence-electron chi connectivity index (χ4n) is 2.02. The van der Waals surface area contributed by atoms with Gasteiger partial charge in [-0.1, -0.05) is 12.1 Å². The molecule has 1 aromatic carbocycles. The van der Waals surface area contributed by atoms with Crippen molar-refractivity contribution in [1.82, 2.24) is 0 Å². The zero-order valence-corrected chi connectivity index (χ0v) is 9.71. The number of hydrogen-bond acceptors (Lipinski definition) is 3. The topological polar surface area (TPSA) is 63.4 Å². The molecule has 4 heteroatoms. The summed E-state index contributed by atoms with van der Waals surface area (Å²) in [5, 5.41) is 20.2. The third-order valence-electron chi connectivity index (χ3n) is 3.28. The maximum absolute atomic E-state index is 10.5. The Morgan fingerprint density at radius 2 is 2.00 bits per heavy atom. The van der Waals surface area contributed by atoms with Crippen LogP contribution in [0.5, 0.6) is 0 Å². The molecule has 1 unspecified atom stereocenters. The highest BCUT2D eigenvalue weighted by Crippen LogP contribution is 2.34. The van der Waals surface area contributed by atoms with Gasteiger partial charge in [-0.2, -0.15) is 0 Å². The first kappa shape index (κ1) is 12.0. The third-order valence-corrected chi connectivity index (χ3v) is 3.28. The predicted molar refractivity (Wildman–Crippen MR) is 64.8 cm³/mol. The lowest BCUT2D eigenvalue weighted by Gasteiger charge is -2.08. The molecule has 0 bridgehead atoms. The molecule has 1 aliphatic carbocycles. The Balaban J connectivity index is 1.76. The van der Waals surface area contributed by atoms with Crippen LogP contribution in [0.1, 0.15) is 31.2 Å². The molecule has 2 rings (SSSR count). The van der Waals surface area contributed by atoms with E-state index in [1.165, 1.54) is 25.0 Å². The highest BCUT2D eigenvalue weighted by molar-refractivity contribution is 5.32. The van der Waals surface area contributed by atoms with Crippen molar-refractivity contribution in [3.63, 3.8) is 0 Å². The Bertz CT molecular complexity index is 384. The molecule has 4 nitrogen and oxygen atoms in total. The van der Waals surface area contributed by atoms with Crippen LogP contribution in [0.4, 0.5) is 5.69 Å². The Hall–Kier alpha value is -1.42. The summed E-state index contributed by atoms with van der Waals surface area (Å²) in [4.78, 5) is 10.1. The first-order chi connectivity index (χ1) is 8.16. The van der Waals surface area contributed by atoms with Gasteiger partial charge in [-0.25, -0.2) is 0 Å². The van der Waals surface area contributed by atoms with Gasteiger partial charge in [0.15, 0.2) is 0 Å². The van der Waals surface area contributed by atoms with E-state index >= 15 is 0 Å². The molecule has 92 valence electrons. The smallest absolute Gasteiger partial charge is 0.269 e. The Morgan fingerprint density at radius 1 is 1.35 bits per heavy atom. The van der Waals surface area contributed by atoms with Gasteiger partial charge >= 0.3 is 0 Å². The van der Waals surface area contributed by atoms with Crippen LogP contribution in [0.15, 0.2) is 24.3 Å². The van der Waals surface area contributed by atoms with E-state index < -0.39 is 0 Å². The second-order valence-electron chi connectivity index (χ2n) is 4.72. The Morgan fingerprint density at radius 3 is 2.53 bits per heavy atom. The SMILES string of the molecule is O=[N+]([O-])c1ccc(CCCC(O)C2CC2)cc1. The minimum atomic E-state index is -0.388. The maximum atomic E-state index is 10.5. The quantitative estimate of drug-likeness (QED) is 0.609. The molecule has 0 amide bonds. The van der Waals surface area contributed by atoms with Crippen LogP contribution in [0.25, 0.3) is 0 Å². The maximum Gasteiger partial charge on any atom is 0.269 e. The standard InChI is InChI=1S/C13H17NO3/c15-13(11-6-7-11)3-1-2-10-4-8-12(9-5-10)14(16)17/h4-5,8-9,11,13,15H,1-3,6-7H2. The summed E-state index contributed by atoms with van der Waals surface area (Å²) in [5.41, 5.74) is 1.23. The van der Waals surface area contributed by atoms with Crippen molar-refractivity contribution in [2.24, 2.45) is 5.92 Å². The number of nitro groups is 1. The number of benzene rings is 1. The van der Waals surface area contributed by atoms with E-state index in [1.807, 2.05) is 0 Å². The third kappa shape index (κ3) is 3.53. The van der Waals surface area contributed by atoms with Gasteiger partial charge in [0, 0.05) is 12.1 Å². The van der Waals surface area contributed by atoms with Gasteiger partial charge < -0.3 is 5.11 Å². The van der Waals surface area contributed by atoms with E-state index in [2.05, 4.69) is 0 Å². The largest absolute Gasteiger partial charge is 0.393 e. The molecule has 0 radical (unpaired) electrons. The molecule has 0 heterocycles. The molecule has 0 saturated heterocycles. The van der Waals surface area contributed by atoms with Crippen LogP contribution in [-0.4, -0.2) is 16.1 Å². The summed E-state index contributed by atoms with van der Waals surface area (Å²) in [7, 11) is 0. The number of aliphatic hydroxyl groups is 1. The van der Waals surface area contributed by atoms with Crippen LogP contribution in [0.2, 0.25) is 0 Å². The average molecular weight is 235 g/mol. The number of nitro benzene ring substituents is 1. The monoisotopic (exact) mass is 235 g/mol. The van der Waals surface area contributed by atoms with Crippen molar-refractivity contribution in [2.45, 2.75) is 38.2 Å². The van der Waals surface area contributed by atoms with Crippen molar-refractivity contribution in [1.29, 1.82) is 0 Å². The van der Waals surface area contributed by atoms with E-state index in [1.54, 1.807) is 12.1 Å². The second kappa shape index (κ2) is 5.27. The molecular formula is C13H17NO3. The van der Waals surface area contributed by atoms with E-state index in [9.17, 15) is 15.2 Å². The summed E-state index contributed by atoms with van der Waals surface area (Å²) in [6.45, 7) is 0. The van der Waals surface area contributed by atoms with Crippen LogP contribution >= 0.6 is 0 Å². The molecule has 1 saturated carbocycles. The Kier molecular flexibility index (Phi) is 3.74. The fourth-order valence-corrected chi connectivity index (χ4v) is 2.02. The van der Waals surface area contributed by atoms with Gasteiger partial charge in [-0.15, -0.1) is 0 Å². The second-order valence-corrected chi connectivity index (χ2v) is 4.72. The van der Waals surface area contributed by atoms with E-state index in [-0.39, 0.29) is 16.7 Å². The molecule has 1 N–H and O–H groups in total. The minimum absolute atomic E-state index is 0.131. The van der Waals surface area contributed by atoms with Crippen molar-refractivity contribution >= 4 is 5.69 Å². The molecular weight excluding hydrogens is 218 g/mol. The normalized spacial score (nSPS) is 16.8. The molecule has 0 aromatic heterocycles. The Labute approximate surface area is 100 Å². The van der Waals surface area contributed by atoms with Gasteiger partial charge in [0.05, 0.1) is 11.0 Å². The van der Waals surface area contributed by atoms with Crippen molar-refractivity contribution in [3.8, 4) is 0 Å². The predicted octanol–water partition coefficient (Wildman–Crippen LogP) is 2.69. The number of rotatable bonds is 6. The molecule has 1 aliphatic rings. The first-order valence-electron chi connectivity index (χ1n) is 6.08. The minimum Gasteiger partial charge on any atom is -0.393 e. The summed E-state index contributed by atoms with van der Waals surface area (Å²) in [5.74, 6) is 0.534. The average Bonchev–Trinajstić information content (AvgIpc) is 3.13. The van der Waals surface area contributed by atoms with Gasteiger partial charge in [-0.05, 0) is 43.6 Å². The lowest BCUT2D eigenvalue weighted by atomic mass is 10.0. The van der Waals surface area contributed by atoms with Crippen molar-refractivity contribution in [2.75, 3.05) is 0 Å². The molecule has 1 fully saturated rings. The summed E-state index contributed by atoms with van der Waals surface area (Å²) in [6.07, 6.45) is 4.84. The van der Waals surface area contributed by atoms with Gasteiger partial charge in [0.1, 0.15) is 0 Å². The highest BCUT2D eigenvalue weighted by Gasteiger charge is 2.28. The fraction of sp³-hybridized carbons (Fsp3) is 0.538. The first-order valence-corrected chi connectivity index (χ1v) is 6.08. The van der Waals surface area contributed by atoms with E-state index in [0.29, 0.717) is 5.92 Å². The zero-order valence-electron chi connectivity index (χ0n) is 9.71. The number of aryl methyl sites for hydroxylation is 1. The zero-order chi connectivity index (χ0) is 12.3.